The molecule has 0 saturated carbocycles. The maximum Gasteiger partial charge on any atom is 0.252 e. The van der Waals surface area contributed by atoms with E-state index in [-0.39, 0.29) is 17.7 Å². The van der Waals surface area contributed by atoms with E-state index in [1.54, 1.807) is 6.07 Å². The molecule has 0 aliphatic carbocycles. The second-order valence-corrected chi connectivity index (χ2v) is 8.45. The van der Waals surface area contributed by atoms with Gasteiger partial charge >= 0.3 is 0 Å². The van der Waals surface area contributed by atoms with Gasteiger partial charge in [0.2, 0.25) is 5.91 Å². The Morgan fingerprint density at radius 1 is 0.933 bits per heavy atom. The van der Waals surface area contributed by atoms with E-state index in [1.165, 1.54) is 5.56 Å². The molecule has 1 fully saturated rings. The molecule has 3 rings (SSSR count). The summed E-state index contributed by atoms with van der Waals surface area (Å²) in [6.45, 7) is 10.0. The molecule has 0 aromatic heterocycles. The highest BCUT2D eigenvalue weighted by Crippen LogP contribution is 2.14. The van der Waals surface area contributed by atoms with Gasteiger partial charge in [-0.25, -0.2) is 0 Å². The number of nitrogens with zero attached hydrogens (tertiary/aromatic N) is 2. The van der Waals surface area contributed by atoms with Crippen molar-refractivity contribution in [2.75, 3.05) is 26.2 Å². The Labute approximate surface area is 180 Å². The Morgan fingerprint density at radius 2 is 1.63 bits per heavy atom. The van der Waals surface area contributed by atoms with Crippen molar-refractivity contribution in [2.45, 2.75) is 39.8 Å². The van der Waals surface area contributed by atoms with Crippen molar-refractivity contribution >= 4 is 11.8 Å². The molecule has 2 aromatic rings. The van der Waals surface area contributed by atoms with Gasteiger partial charge in [-0.3, -0.25) is 14.5 Å². The fourth-order valence-corrected chi connectivity index (χ4v) is 3.95. The van der Waals surface area contributed by atoms with Gasteiger partial charge in [0, 0.05) is 38.3 Å². The Balaban J connectivity index is 1.62. The largest absolute Gasteiger partial charge is 0.340 e. The molecule has 0 radical (unpaired) electrons. The Hall–Kier alpha value is -2.66. The van der Waals surface area contributed by atoms with Gasteiger partial charge in [-0.05, 0) is 36.5 Å². The van der Waals surface area contributed by atoms with E-state index in [0.29, 0.717) is 12.1 Å². The van der Waals surface area contributed by atoms with E-state index < -0.39 is 6.04 Å². The number of hydrogen-bond acceptors (Lipinski definition) is 3. The van der Waals surface area contributed by atoms with Gasteiger partial charge in [-0.15, -0.1) is 0 Å². The SMILES string of the molecule is Cc1ccccc1C(=O)NC(C(=O)N1CCCN(Cc2ccccc2)CC1)C(C)C. The lowest BCUT2D eigenvalue weighted by Gasteiger charge is -2.29. The van der Waals surface area contributed by atoms with E-state index in [0.717, 1.165) is 38.2 Å². The molecule has 0 bridgehead atoms. The summed E-state index contributed by atoms with van der Waals surface area (Å²) >= 11 is 0. The predicted octanol–water partition coefficient (Wildman–Crippen LogP) is 3.48. The molecular formula is C25H33N3O2. The van der Waals surface area contributed by atoms with Crippen LogP contribution < -0.4 is 5.32 Å². The zero-order valence-corrected chi connectivity index (χ0v) is 18.3. The summed E-state index contributed by atoms with van der Waals surface area (Å²) in [6, 6.07) is 17.4. The molecule has 30 heavy (non-hydrogen) atoms. The smallest absolute Gasteiger partial charge is 0.252 e. The summed E-state index contributed by atoms with van der Waals surface area (Å²) in [6.07, 6.45) is 0.940. The summed E-state index contributed by atoms with van der Waals surface area (Å²) in [5.74, 6) is -0.136. The Kier molecular flexibility index (Phi) is 7.63. The van der Waals surface area contributed by atoms with Crippen LogP contribution in [-0.4, -0.2) is 53.8 Å². The number of carbonyl (C=O) groups is 2. The highest BCUT2D eigenvalue weighted by Gasteiger charge is 2.30. The normalized spacial score (nSPS) is 16.2. The summed E-state index contributed by atoms with van der Waals surface area (Å²) < 4.78 is 0. The summed E-state index contributed by atoms with van der Waals surface area (Å²) in [5.41, 5.74) is 2.83. The van der Waals surface area contributed by atoms with Gasteiger partial charge in [-0.2, -0.15) is 0 Å². The number of aryl methyl sites for hydroxylation is 1. The van der Waals surface area contributed by atoms with Gasteiger partial charge in [-0.1, -0.05) is 62.4 Å². The van der Waals surface area contributed by atoms with Crippen LogP contribution in [0.25, 0.3) is 0 Å². The Morgan fingerprint density at radius 3 is 2.33 bits per heavy atom. The number of rotatable bonds is 6. The molecule has 2 amide bonds. The number of carbonyl (C=O) groups excluding carboxylic acids is 2. The lowest BCUT2D eigenvalue weighted by molar-refractivity contribution is -0.134. The number of nitrogens with one attached hydrogen (secondary N) is 1. The van der Waals surface area contributed by atoms with Gasteiger partial charge in [0.1, 0.15) is 6.04 Å². The van der Waals surface area contributed by atoms with E-state index in [4.69, 9.17) is 0 Å². The van der Waals surface area contributed by atoms with Crippen molar-refractivity contribution in [3.63, 3.8) is 0 Å². The molecule has 1 aliphatic rings. The van der Waals surface area contributed by atoms with Crippen molar-refractivity contribution < 1.29 is 9.59 Å². The predicted molar refractivity (Wildman–Crippen MR) is 120 cm³/mol. The molecule has 160 valence electrons. The third-order valence-corrected chi connectivity index (χ3v) is 5.76. The van der Waals surface area contributed by atoms with Crippen molar-refractivity contribution in [3.8, 4) is 0 Å². The third kappa shape index (κ3) is 5.70. The van der Waals surface area contributed by atoms with Crippen LogP contribution in [0.15, 0.2) is 54.6 Å². The summed E-state index contributed by atoms with van der Waals surface area (Å²) in [5, 5.41) is 3.00. The maximum atomic E-state index is 13.3. The average molecular weight is 408 g/mol. The maximum absolute atomic E-state index is 13.3. The number of amides is 2. The minimum absolute atomic E-state index is 0.0218. The number of hydrogen-bond donors (Lipinski definition) is 1. The quantitative estimate of drug-likeness (QED) is 0.798. The second kappa shape index (κ2) is 10.4. The molecule has 2 aromatic carbocycles. The van der Waals surface area contributed by atoms with Gasteiger partial charge in [0.15, 0.2) is 0 Å². The molecular weight excluding hydrogens is 374 g/mol. The minimum atomic E-state index is -0.516. The van der Waals surface area contributed by atoms with Crippen molar-refractivity contribution in [1.82, 2.24) is 15.1 Å². The Bertz CT molecular complexity index is 850. The molecule has 5 heteroatoms. The van der Waals surface area contributed by atoms with Crippen molar-refractivity contribution in [3.05, 3.63) is 71.3 Å². The summed E-state index contributed by atoms with van der Waals surface area (Å²) in [4.78, 5) is 30.4. The van der Waals surface area contributed by atoms with Crippen LogP contribution in [0.3, 0.4) is 0 Å². The fraction of sp³-hybridized carbons (Fsp3) is 0.440. The highest BCUT2D eigenvalue weighted by molar-refractivity contribution is 5.98. The first-order valence-electron chi connectivity index (χ1n) is 10.9. The van der Waals surface area contributed by atoms with Gasteiger partial charge < -0.3 is 10.2 Å². The van der Waals surface area contributed by atoms with Crippen LogP contribution >= 0.6 is 0 Å². The first kappa shape index (κ1) is 22.0. The minimum Gasteiger partial charge on any atom is -0.340 e. The molecule has 1 unspecified atom stereocenters. The molecule has 1 N–H and O–H groups in total. The lowest BCUT2D eigenvalue weighted by atomic mass is 10.0. The molecule has 1 atom stereocenters. The van der Waals surface area contributed by atoms with Crippen LogP contribution in [0.5, 0.6) is 0 Å². The van der Waals surface area contributed by atoms with Crippen LogP contribution in [0.4, 0.5) is 0 Å². The monoisotopic (exact) mass is 407 g/mol. The molecule has 1 saturated heterocycles. The fourth-order valence-electron chi connectivity index (χ4n) is 3.95. The van der Waals surface area contributed by atoms with Crippen LogP contribution in [-0.2, 0) is 11.3 Å². The molecule has 0 spiro atoms. The van der Waals surface area contributed by atoms with E-state index in [9.17, 15) is 9.59 Å². The molecule has 1 aliphatic heterocycles. The lowest BCUT2D eigenvalue weighted by Crippen LogP contribution is -2.52. The first-order valence-corrected chi connectivity index (χ1v) is 10.9. The number of benzene rings is 2. The second-order valence-electron chi connectivity index (χ2n) is 8.45. The molecule has 5 nitrogen and oxygen atoms in total. The van der Waals surface area contributed by atoms with Crippen LogP contribution in [0, 0.1) is 12.8 Å². The highest BCUT2D eigenvalue weighted by atomic mass is 16.2. The standard InChI is InChI=1S/C25H33N3O2/c1-19(2)23(26-24(29)22-13-8-7-10-20(22)3)25(30)28-15-9-14-27(16-17-28)18-21-11-5-4-6-12-21/h4-8,10-13,19,23H,9,14-18H2,1-3H3,(H,26,29). The molecule has 1 heterocycles. The van der Waals surface area contributed by atoms with Gasteiger partial charge in [0.25, 0.3) is 5.91 Å². The van der Waals surface area contributed by atoms with E-state index in [1.807, 2.05) is 49.9 Å². The van der Waals surface area contributed by atoms with Crippen LogP contribution in [0.1, 0.15) is 41.8 Å². The van der Waals surface area contributed by atoms with Gasteiger partial charge in [0.05, 0.1) is 0 Å². The summed E-state index contributed by atoms with van der Waals surface area (Å²) in [7, 11) is 0. The third-order valence-electron chi connectivity index (χ3n) is 5.76. The zero-order chi connectivity index (χ0) is 21.5. The topological polar surface area (TPSA) is 52.7 Å². The van der Waals surface area contributed by atoms with Crippen LogP contribution in [0.2, 0.25) is 0 Å². The zero-order valence-electron chi connectivity index (χ0n) is 18.3. The van der Waals surface area contributed by atoms with E-state index in [2.05, 4.69) is 34.5 Å². The van der Waals surface area contributed by atoms with Crippen molar-refractivity contribution in [2.24, 2.45) is 5.92 Å². The average Bonchev–Trinajstić information content (AvgIpc) is 2.98. The van der Waals surface area contributed by atoms with E-state index >= 15 is 0 Å². The van der Waals surface area contributed by atoms with Crippen molar-refractivity contribution in [1.29, 1.82) is 0 Å². The first-order chi connectivity index (χ1) is 14.5.